The molecule has 1 amide bonds. The Labute approximate surface area is 127 Å². The van der Waals surface area contributed by atoms with Gasteiger partial charge in [0.1, 0.15) is 0 Å². The first kappa shape index (κ1) is 17.0. The number of hydrogen-bond donors (Lipinski definition) is 2. The molecule has 1 aromatic rings. The second-order valence-electron chi connectivity index (χ2n) is 5.23. The van der Waals surface area contributed by atoms with Crippen molar-refractivity contribution >= 4 is 18.3 Å². The smallest absolute Gasteiger partial charge is 0.236 e. The van der Waals surface area contributed by atoms with Crippen LogP contribution < -0.4 is 11.1 Å². The summed E-state index contributed by atoms with van der Waals surface area (Å²) in [6, 6.07) is 8.22. The van der Waals surface area contributed by atoms with Gasteiger partial charge in [0.2, 0.25) is 5.91 Å². The molecule has 1 heterocycles. The van der Waals surface area contributed by atoms with Crippen LogP contribution in [0.4, 0.5) is 0 Å². The van der Waals surface area contributed by atoms with Crippen molar-refractivity contribution in [3.63, 3.8) is 0 Å². The maximum Gasteiger partial charge on any atom is 0.236 e. The van der Waals surface area contributed by atoms with E-state index in [1.165, 1.54) is 11.1 Å². The molecule has 0 aliphatic carbocycles. The molecule has 0 spiro atoms. The molecule has 0 bridgehead atoms. The van der Waals surface area contributed by atoms with E-state index in [1.54, 1.807) is 6.92 Å². The summed E-state index contributed by atoms with van der Waals surface area (Å²) >= 11 is 0. The van der Waals surface area contributed by atoms with Gasteiger partial charge in [0.15, 0.2) is 0 Å². The third-order valence-electron chi connectivity index (χ3n) is 3.57. The van der Waals surface area contributed by atoms with Gasteiger partial charge in [0.25, 0.3) is 0 Å². The van der Waals surface area contributed by atoms with E-state index in [9.17, 15) is 4.79 Å². The number of hydrogen-bond acceptors (Lipinski definition) is 3. The van der Waals surface area contributed by atoms with Crippen molar-refractivity contribution in [2.45, 2.75) is 32.4 Å². The lowest BCUT2D eigenvalue weighted by atomic mass is 10.00. The molecule has 20 heavy (non-hydrogen) atoms. The maximum absolute atomic E-state index is 11.3. The second kappa shape index (κ2) is 8.25. The quantitative estimate of drug-likeness (QED) is 0.806. The third-order valence-corrected chi connectivity index (χ3v) is 3.57. The number of nitrogens with zero attached hydrogens (tertiary/aromatic N) is 1. The van der Waals surface area contributed by atoms with E-state index in [4.69, 9.17) is 5.73 Å². The first-order chi connectivity index (χ1) is 9.16. The molecular weight excluding hydrogens is 274 g/mol. The third kappa shape index (κ3) is 4.78. The van der Waals surface area contributed by atoms with Gasteiger partial charge in [-0.15, -0.1) is 12.4 Å². The number of carbonyl (C=O) groups excluding carboxylic acids is 1. The summed E-state index contributed by atoms with van der Waals surface area (Å²) in [5.41, 5.74) is 8.41. The normalized spacial score (nSPS) is 15.9. The minimum atomic E-state index is -0.415. The standard InChI is InChI=1S/C15H23N3O.ClH/c1-12(16)15(19)17-8-4-9-18-10-7-13-5-2-3-6-14(13)11-18;/h2-3,5-6,12H,4,7-11,16H2,1H3,(H,17,19);1H. The van der Waals surface area contributed by atoms with Crippen molar-refractivity contribution in [3.05, 3.63) is 35.4 Å². The molecule has 112 valence electrons. The van der Waals surface area contributed by atoms with Gasteiger partial charge >= 0.3 is 0 Å². The summed E-state index contributed by atoms with van der Waals surface area (Å²) in [6.45, 7) is 5.57. The van der Waals surface area contributed by atoms with Gasteiger partial charge < -0.3 is 11.1 Å². The molecule has 0 aromatic heterocycles. The molecule has 0 radical (unpaired) electrons. The average Bonchev–Trinajstić information content (AvgIpc) is 2.43. The van der Waals surface area contributed by atoms with Gasteiger partial charge in [-0.25, -0.2) is 0 Å². The van der Waals surface area contributed by atoms with Gasteiger partial charge in [-0.05, 0) is 30.9 Å². The highest BCUT2D eigenvalue weighted by Crippen LogP contribution is 2.18. The molecule has 5 heteroatoms. The zero-order chi connectivity index (χ0) is 13.7. The van der Waals surface area contributed by atoms with E-state index in [-0.39, 0.29) is 18.3 Å². The number of nitrogens with one attached hydrogen (secondary N) is 1. The predicted molar refractivity (Wildman–Crippen MR) is 83.9 cm³/mol. The Morgan fingerprint density at radius 3 is 2.80 bits per heavy atom. The van der Waals surface area contributed by atoms with Crippen LogP contribution in [0.5, 0.6) is 0 Å². The number of halogens is 1. The fourth-order valence-corrected chi connectivity index (χ4v) is 2.42. The SMILES string of the molecule is CC(N)C(=O)NCCCN1CCc2ccccc2C1.Cl. The van der Waals surface area contributed by atoms with Crippen LogP contribution in [0.3, 0.4) is 0 Å². The number of benzene rings is 1. The van der Waals surface area contributed by atoms with Gasteiger partial charge in [0, 0.05) is 26.2 Å². The summed E-state index contributed by atoms with van der Waals surface area (Å²) in [7, 11) is 0. The molecule has 4 nitrogen and oxygen atoms in total. The van der Waals surface area contributed by atoms with E-state index in [0.29, 0.717) is 6.54 Å². The van der Waals surface area contributed by atoms with E-state index >= 15 is 0 Å². The Balaban J connectivity index is 0.00000200. The Morgan fingerprint density at radius 2 is 2.10 bits per heavy atom. The molecule has 0 fully saturated rings. The zero-order valence-corrected chi connectivity index (χ0v) is 12.8. The van der Waals surface area contributed by atoms with E-state index in [0.717, 1.165) is 32.5 Å². The fraction of sp³-hybridized carbons (Fsp3) is 0.533. The summed E-state index contributed by atoms with van der Waals surface area (Å²) in [4.78, 5) is 13.8. The van der Waals surface area contributed by atoms with E-state index in [1.807, 2.05) is 0 Å². The van der Waals surface area contributed by atoms with E-state index in [2.05, 4.69) is 34.5 Å². The number of amides is 1. The number of carbonyl (C=O) groups is 1. The Kier molecular flexibility index (Phi) is 6.99. The minimum Gasteiger partial charge on any atom is -0.355 e. The first-order valence-corrected chi connectivity index (χ1v) is 6.99. The zero-order valence-electron chi connectivity index (χ0n) is 12.0. The molecule has 0 saturated carbocycles. The Hall–Kier alpha value is -1.10. The van der Waals surface area contributed by atoms with Crippen molar-refractivity contribution in [3.8, 4) is 0 Å². The molecule has 1 aliphatic heterocycles. The van der Waals surface area contributed by atoms with Crippen LogP contribution in [0.15, 0.2) is 24.3 Å². The van der Waals surface area contributed by atoms with E-state index < -0.39 is 6.04 Å². The highest BCUT2D eigenvalue weighted by molar-refractivity contribution is 5.85. The number of fused-ring (bicyclic) bond motifs is 1. The van der Waals surface area contributed by atoms with Crippen LogP contribution in [0.25, 0.3) is 0 Å². The lowest BCUT2D eigenvalue weighted by Gasteiger charge is -2.28. The summed E-state index contributed by atoms with van der Waals surface area (Å²) < 4.78 is 0. The van der Waals surface area contributed by atoms with Gasteiger partial charge in [0.05, 0.1) is 6.04 Å². The van der Waals surface area contributed by atoms with Gasteiger partial charge in [-0.2, -0.15) is 0 Å². The average molecular weight is 298 g/mol. The maximum atomic E-state index is 11.3. The first-order valence-electron chi connectivity index (χ1n) is 6.99. The minimum absolute atomic E-state index is 0. The molecule has 2 rings (SSSR count). The Bertz CT molecular complexity index is 437. The fourth-order valence-electron chi connectivity index (χ4n) is 2.42. The van der Waals surface area contributed by atoms with Crippen LogP contribution in [-0.4, -0.2) is 36.5 Å². The number of rotatable bonds is 5. The molecule has 1 atom stereocenters. The number of nitrogens with two attached hydrogens (primary N) is 1. The molecule has 1 aromatic carbocycles. The molecular formula is C15H24ClN3O. The van der Waals surface area contributed by atoms with Crippen LogP contribution >= 0.6 is 12.4 Å². The topological polar surface area (TPSA) is 58.4 Å². The summed E-state index contributed by atoms with van der Waals surface area (Å²) in [5.74, 6) is -0.0658. The lowest BCUT2D eigenvalue weighted by molar-refractivity contribution is -0.121. The van der Waals surface area contributed by atoms with Crippen molar-refractivity contribution in [1.29, 1.82) is 0 Å². The van der Waals surface area contributed by atoms with Gasteiger partial charge in [-0.3, -0.25) is 9.69 Å². The van der Waals surface area contributed by atoms with Crippen LogP contribution in [0.1, 0.15) is 24.5 Å². The van der Waals surface area contributed by atoms with Crippen molar-refractivity contribution in [2.75, 3.05) is 19.6 Å². The van der Waals surface area contributed by atoms with Crippen molar-refractivity contribution < 1.29 is 4.79 Å². The second-order valence-corrected chi connectivity index (χ2v) is 5.23. The van der Waals surface area contributed by atoms with Crippen LogP contribution in [0, 0.1) is 0 Å². The molecule has 3 N–H and O–H groups in total. The molecule has 1 aliphatic rings. The van der Waals surface area contributed by atoms with Crippen molar-refractivity contribution in [2.24, 2.45) is 5.73 Å². The molecule has 1 unspecified atom stereocenters. The highest BCUT2D eigenvalue weighted by atomic mass is 35.5. The lowest BCUT2D eigenvalue weighted by Crippen LogP contribution is -2.40. The van der Waals surface area contributed by atoms with Crippen molar-refractivity contribution in [1.82, 2.24) is 10.2 Å². The van der Waals surface area contributed by atoms with Gasteiger partial charge in [-0.1, -0.05) is 24.3 Å². The highest BCUT2D eigenvalue weighted by Gasteiger charge is 2.15. The molecule has 0 saturated heterocycles. The summed E-state index contributed by atoms with van der Waals surface area (Å²) in [6.07, 6.45) is 2.10. The van der Waals surface area contributed by atoms with Crippen LogP contribution in [0.2, 0.25) is 0 Å². The summed E-state index contributed by atoms with van der Waals surface area (Å²) in [5, 5.41) is 2.85. The largest absolute Gasteiger partial charge is 0.355 e. The predicted octanol–water partition coefficient (Wildman–Crippen LogP) is 1.32. The van der Waals surface area contributed by atoms with Crippen LogP contribution in [-0.2, 0) is 17.8 Å². The Morgan fingerprint density at radius 1 is 1.40 bits per heavy atom. The monoisotopic (exact) mass is 297 g/mol.